The molecule has 14 nitrogen and oxygen atoms in total. The van der Waals surface area contributed by atoms with Crippen LogP contribution in [0.3, 0.4) is 0 Å². The van der Waals surface area contributed by atoms with Crippen LogP contribution in [0.25, 0.3) is 0 Å². The number of non-ortho nitro benzene ring substituents is 1. The summed E-state index contributed by atoms with van der Waals surface area (Å²) < 4.78 is 40.9. The largest absolute Gasteiger partial charge is 0.486 e. The SMILES string of the molecule is CCN1Sc2cc3c(cc2C[C@H]1C(=O)N[C@@H](Cc1ccccc1)[C@@H](O)C(=O)NCCCNS(=O)(=O)c1ccc([N+](=O)[O-])cc1)OCCO3. The monoisotopic (exact) mass is 699 g/mol. The number of amides is 2. The number of benzene rings is 3. The summed E-state index contributed by atoms with van der Waals surface area (Å²) in [6.45, 7) is 3.45. The van der Waals surface area contributed by atoms with E-state index in [1.807, 2.05) is 53.7 Å². The van der Waals surface area contributed by atoms with E-state index in [9.17, 15) is 33.2 Å². The Labute approximate surface area is 282 Å². The van der Waals surface area contributed by atoms with Crippen molar-refractivity contribution in [2.24, 2.45) is 0 Å². The summed E-state index contributed by atoms with van der Waals surface area (Å²) in [6, 6.07) is 16.0. The number of fused-ring (bicyclic) bond motifs is 2. The molecule has 3 aromatic rings. The van der Waals surface area contributed by atoms with E-state index in [2.05, 4.69) is 15.4 Å². The fraction of sp³-hybridized carbons (Fsp3) is 0.375. The van der Waals surface area contributed by atoms with Crippen LogP contribution in [0, 0.1) is 10.1 Å². The minimum atomic E-state index is -3.92. The standard InChI is InChI=1S/C32H37N5O9S2/c1-2-36-26(18-22-19-27-28(20-29(22)47-36)46-16-15-45-27)31(39)35-25(17-21-7-4-3-5-8-21)30(38)32(40)33-13-6-14-34-48(43,44)24-11-9-23(10-12-24)37(41)42/h3-5,7-12,19-20,25-26,30,34,38H,2,6,13-18H2,1H3,(H,33,40)(H,35,39)/t25-,26-,30+/m0/s1. The fourth-order valence-electron chi connectivity index (χ4n) is 5.38. The van der Waals surface area contributed by atoms with Crippen LogP contribution in [-0.2, 0) is 32.5 Å². The average molecular weight is 700 g/mol. The lowest BCUT2D eigenvalue weighted by Crippen LogP contribution is -2.56. The van der Waals surface area contributed by atoms with Crippen LogP contribution < -0.4 is 24.8 Å². The van der Waals surface area contributed by atoms with Gasteiger partial charge in [-0.2, -0.15) is 0 Å². The summed E-state index contributed by atoms with van der Waals surface area (Å²) in [5.41, 5.74) is 1.53. The molecule has 2 aliphatic rings. The van der Waals surface area contributed by atoms with E-state index in [4.69, 9.17) is 9.47 Å². The number of nitrogens with zero attached hydrogens (tertiary/aromatic N) is 2. The summed E-state index contributed by atoms with van der Waals surface area (Å²) in [6.07, 6.45) is -0.808. The molecule has 16 heteroatoms. The van der Waals surface area contributed by atoms with Crippen molar-refractivity contribution in [3.05, 3.63) is 88.0 Å². The first-order chi connectivity index (χ1) is 23.1. The number of sulfonamides is 1. The summed E-state index contributed by atoms with van der Waals surface area (Å²) >= 11 is 1.45. The number of ether oxygens (including phenoxy) is 2. The Hall–Kier alpha value is -4.22. The van der Waals surface area contributed by atoms with Gasteiger partial charge in [-0.05, 0) is 66.6 Å². The van der Waals surface area contributed by atoms with Gasteiger partial charge in [0.1, 0.15) is 19.3 Å². The highest BCUT2D eigenvalue weighted by Gasteiger charge is 2.36. The van der Waals surface area contributed by atoms with Crippen molar-refractivity contribution in [3.63, 3.8) is 0 Å². The smallest absolute Gasteiger partial charge is 0.269 e. The van der Waals surface area contributed by atoms with E-state index in [0.29, 0.717) is 37.7 Å². The second kappa shape index (κ2) is 15.8. The maximum Gasteiger partial charge on any atom is 0.269 e. The second-order valence-corrected chi connectivity index (χ2v) is 14.0. The zero-order valence-corrected chi connectivity index (χ0v) is 27.8. The van der Waals surface area contributed by atoms with Gasteiger partial charge in [-0.1, -0.05) is 37.3 Å². The van der Waals surface area contributed by atoms with Gasteiger partial charge in [-0.3, -0.25) is 19.7 Å². The predicted octanol–water partition coefficient (Wildman–Crippen LogP) is 2.19. The maximum absolute atomic E-state index is 13.8. The molecule has 0 radical (unpaired) electrons. The summed E-state index contributed by atoms with van der Waals surface area (Å²) in [4.78, 5) is 37.9. The van der Waals surface area contributed by atoms with Crippen molar-refractivity contribution in [3.8, 4) is 11.5 Å². The Morgan fingerprint density at radius 2 is 1.75 bits per heavy atom. The molecule has 0 aliphatic carbocycles. The van der Waals surface area contributed by atoms with Crippen molar-refractivity contribution in [1.29, 1.82) is 0 Å². The molecule has 0 spiro atoms. The number of likely N-dealkylation sites (N-methyl/N-ethyl adjacent to an activating group) is 1. The van der Waals surface area contributed by atoms with Crippen LogP contribution in [0.4, 0.5) is 5.69 Å². The molecule has 0 fully saturated rings. The molecule has 48 heavy (non-hydrogen) atoms. The van der Waals surface area contributed by atoms with E-state index in [-0.39, 0.29) is 42.4 Å². The Balaban J connectivity index is 1.19. The molecule has 3 atom stereocenters. The number of carbonyl (C=O) groups excluding carboxylic acids is 2. The number of nitro benzene ring substituents is 1. The van der Waals surface area contributed by atoms with Gasteiger partial charge in [-0.15, -0.1) is 0 Å². The van der Waals surface area contributed by atoms with Gasteiger partial charge in [0, 0.05) is 36.7 Å². The summed E-state index contributed by atoms with van der Waals surface area (Å²) in [7, 11) is -3.92. The molecule has 2 aliphatic heterocycles. The van der Waals surface area contributed by atoms with Gasteiger partial charge >= 0.3 is 0 Å². The molecule has 0 saturated carbocycles. The minimum Gasteiger partial charge on any atom is -0.486 e. The van der Waals surface area contributed by atoms with Crippen molar-refractivity contribution in [2.75, 3.05) is 32.8 Å². The van der Waals surface area contributed by atoms with Gasteiger partial charge in [-0.25, -0.2) is 17.4 Å². The molecular formula is C32H37N5O9S2. The highest BCUT2D eigenvalue weighted by Crippen LogP contribution is 2.42. The number of aliphatic hydroxyl groups excluding tert-OH is 1. The van der Waals surface area contributed by atoms with Gasteiger partial charge in [0.05, 0.1) is 15.9 Å². The van der Waals surface area contributed by atoms with Crippen molar-refractivity contribution in [1.82, 2.24) is 19.7 Å². The van der Waals surface area contributed by atoms with E-state index >= 15 is 0 Å². The van der Waals surface area contributed by atoms with Crippen LogP contribution in [-0.4, -0.2) is 85.6 Å². The molecule has 4 N–H and O–H groups in total. The Kier molecular flexibility index (Phi) is 11.5. The molecule has 0 aromatic heterocycles. The number of hydrogen-bond acceptors (Lipinski definition) is 11. The third-order valence-electron chi connectivity index (χ3n) is 7.89. The number of nitro groups is 1. The van der Waals surface area contributed by atoms with Gasteiger partial charge in [0.15, 0.2) is 17.6 Å². The molecule has 256 valence electrons. The number of aliphatic hydroxyl groups is 1. The number of carbonyl (C=O) groups is 2. The minimum absolute atomic E-state index is 0.0338. The predicted molar refractivity (Wildman–Crippen MR) is 177 cm³/mol. The van der Waals surface area contributed by atoms with Crippen LogP contribution in [0.1, 0.15) is 24.5 Å². The molecule has 0 saturated heterocycles. The topological polar surface area (TPSA) is 189 Å². The number of rotatable bonds is 14. The third kappa shape index (κ3) is 8.62. The zero-order valence-electron chi connectivity index (χ0n) is 26.2. The molecule has 5 rings (SSSR count). The average Bonchev–Trinajstić information content (AvgIpc) is 3.09. The fourth-order valence-corrected chi connectivity index (χ4v) is 7.55. The van der Waals surface area contributed by atoms with Gasteiger partial charge in [0.2, 0.25) is 15.9 Å². The van der Waals surface area contributed by atoms with Crippen molar-refractivity contribution < 1.29 is 37.5 Å². The third-order valence-corrected chi connectivity index (χ3v) is 10.7. The normalized spacial score (nSPS) is 17.1. The lowest BCUT2D eigenvalue weighted by atomic mass is 9.98. The molecular weight excluding hydrogens is 663 g/mol. The van der Waals surface area contributed by atoms with Crippen LogP contribution in [0.2, 0.25) is 0 Å². The lowest BCUT2D eigenvalue weighted by Gasteiger charge is -2.36. The highest BCUT2D eigenvalue weighted by atomic mass is 32.2. The zero-order chi connectivity index (χ0) is 34.3. The molecule has 3 aromatic carbocycles. The first-order valence-corrected chi connectivity index (χ1v) is 17.7. The van der Waals surface area contributed by atoms with Crippen LogP contribution in [0.15, 0.2) is 76.5 Å². The van der Waals surface area contributed by atoms with Crippen LogP contribution >= 0.6 is 11.9 Å². The van der Waals surface area contributed by atoms with E-state index in [0.717, 1.165) is 40.3 Å². The highest BCUT2D eigenvalue weighted by molar-refractivity contribution is 7.97. The molecule has 0 bridgehead atoms. The van der Waals surface area contributed by atoms with Gasteiger partial charge < -0.3 is 25.2 Å². The molecule has 0 unspecified atom stereocenters. The lowest BCUT2D eigenvalue weighted by molar-refractivity contribution is -0.384. The van der Waals surface area contributed by atoms with Crippen molar-refractivity contribution >= 4 is 39.5 Å². The quantitative estimate of drug-likeness (QED) is 0.0836. The Bertz CT molecular complexity index is 1730. The van der Waals surface area contributed by atoms with Crippen LogP contribution in [0.5, 0.6) is 11.5 Å². The summed E-state index contributed by atoms with van der Waals surface area (Å²) in [5, 5.41) is 27.5. The van der Waals surface area contributed by atoms with E-state index in [1.54, 1.807) is 0 Å². The Morgan fingerprint density at radius 1 is 1.06 bits per heavy atom. The number of nitrogens with one attached hydrogen (secondary N) is 3. The molecule has 2 amide bonds. The first-order valence-electron chi connectivity index (χ1n) is 15.5. The number of hydrogen-bond donors (Lipinski definition) is 4. The molecule has 2 heterocycles. The second-order valence-electron chi connectivity index (χ2n) is 11.2. The maximum atomic E-state index is 13.8. The van der Waals surface area contributed by atoms with E-state index in [1.165, 1.54) is 11.9 Å². The summed E-state index contributed by atoms with van der Waals surface area (Å²) in [5.74, 6) is 0.260. The van der Waals surface area contributed by atoms with Gasteiger partial charge in [0.25, 0.3) is 11.6 Å². The first kappa shape index (κ1) is 35.1. The van der Waals surface area contributed by atoms with Crippen molar-refractivity contribution in [2.45, 2.75) is 54.2 Å². The Morgan fingerprint density at radius 3 is 2.42 bits per heavy atom. The van der Waals surface area contributed by atoms with E-state index < -0.39 is 39.0 Å².